The summed E-state index contributed by atoms with van der Waals surface area (Å²) in [7, 11) is 0. The predicted molar refractivity (Wildman–Crippen MR) is 97.4 cm³/mol. The summed E-state index contributed by atoms with van der Waals surface area (Å²) in [6, 6.07) is 9.89. The highest BCUT2D eigenvalue weighted by molar-refractivity contribution is 6.05. The molecular weight excluding hydrogens is 320 g/mol. The number of nitro groups is 1. The molecule has 0 radical (unpaired) electrons. The van der Waals surface area contributed by atoms with Crippen molar-refractivity contribution in [2.24, 2.45) is 0 Å². The number of non-ortho nitro benzene ring substituents is 1. The molecule has 0 saturated heterocycles. The van der Waals surface area contributed by atoms with Crippen molar-refractivity contribution in [1.82, 2.24) is 0 Å². The summed E-state index contributed by atoms with van der Waals surface area (Å²) in [6.45, 7) is 6.17. The Labute approximate surface area is 147 Å². The molecule has 0 aliphatic heterocycles. The summed E-state index contributed by atoms with van der Waals surface area (Å²) in [5.41, 5.74) is 2.38. The number of nitrogens with zero attached hydrogens (tertiary/aromatic N) is 1. The van der Waals surface area contributed by atoms with Gasteiger partial charge in [-0.2, -0.15) is 0 Å². The molecule has 6 heteroatoms. The lowest BCUT2D eigenvalue weighted by atomic mass is 10.1. The third-order valence-electron chi connectivity index (χ3n) is 3.83. The number of carbonyl (C=O) groups is 1. The van der Waals surface area contributed by atoms with E-state index in [4.69, 9.17) is 4.74 Å². The van der Waals surface area contributed by atoms with Gasteiger partial charge in [-0.3, -0.25) is 14.9 Å². The minimum Gasteiger partial charge on any atom is -0.494 e. The number of benzene rings is 2. The van der Waals surface area contributed by atoms with Crippen LogP contribution in [0.1, 0.15) is 41.3 Å². The Bertz CT molecular complexity index is 764. The van der Waals surface area contributed by atoms with Crippen molar-refractivity contribution in [3.8, 4) is 5.75 Å². The van der Waals surface area contributed by atoms with E-state index in [0.717, 1.165) is 12.8 Å². The second kappa shape index (κ2) is 8.28. The van der Waals surface area contributed by atoms with Crippen LogP contribution >= 0.6 is 0 Å². The maximum absolute atomic E-state index is 12.5. The Balaban J connectivity index is 2.17. The van der Waals surface area contributed by atoms with Gasteiger partial charge in [-0.15, -0.1) is 0 Å². The SMILES string of the molecule is CCCCOc1cccc(C(=O)Nc2c(C)cc([N+](=O)[O-])cc2C)c1. The molecule has 1 N–H and O–H groups in total. The van der Waals surface area contributed by atoms with Crippen LogP contribution in [-0.2, 0) is 0 Å². The molecule has 0 spiro atoms. The zero-order valence-electron chi connectivity index (χ0n) is 14.7. The molecule has 6 nitrogen and oxygen atoms in total. The zero-order valence-corrected chi connectivity index (χ0v) is 14.7. The van der Waals surface area contributed by atoms with Gasteiger partial charge in [0.1, 0.15) is 5.75 Å². The standard InChI is InChI=1S/C19H22N2O4/c1-4-5-9-25-17-8-6-7-15(12-17)19(22)20-18-13(2)10-16(21(23)24)11-14(18)3/h6-8,10-12H,4-5,9H2,1-3H3,(H,20,22). The average Bonchev–Trinajstić information content (AvgIpc) is 2.58. The molecule has 2 aromatic carbocycles. The molecule has 0 heterocycles. The lowest BCUT2D eigenvalue weighted by Gasteiger charge is -2.12. The van der Waals surface area contributed by atoms with E-state index in [1.807, 2.05) is 6.07 Å². The summed E-state index contributed by atoms with van der Waals surface area (Å²) < 4.78 is 5.62. The number of unbranched alkanes of at least 4 members (excludes halogenated alkanes) is 1. The van der Waals surface area contributed by atoms with Crippen LogP contribution in [-0.4, -0.2) is 17.4 Å². The average molecular weight is 342 g/mol. The van der Waals surface area contributed by atoms with Gasteiger partial charge < -0.3 is 10.1 Å². The number of nitrogens with one attached hydrogen (secondary N) is 1. The van der Waals surface area contributed by atoms with E-state index in [1.165, 1.54) is 12.1 Å². The third-order valence-corrected chi connectivity index (χ3v) is 3.83. The van der Waals surface area contributed by atoms with Crippen molar-refractivity contribution in [3.63, 3.8) is 0 Å². The molecule has 0 aliphatic rings. The minimum atomic E-state index is -0.442. The fourth-order valence-electron chi connectivity index (χ4n) is 2.49. The van der Waals surface area contributed by atoms with Crippen LogP contribution in [0.4, 0.5) is 11.4 Å². The maximum atomic E-state index is 12.5. The summed E-state index contributed by atoms with van der Waals surface area (Å²) in [5, 5.41) is 13.7. The molecule has 0 bridgehead atoms. The van der Waals surface area contributed by atoms with Gasteiger partial charge in [-0.25, -0.2) is 0 Å². The van der Waals surface area contributed by atoms with Gasteiger partial charge in [0.15, 0.2) is 0 Å². The van der Waals surface area contributed by atoms with E-state index in [9.17, 15) is 14.9 Å². The minimum absolute atomic E-state index is 0.0133. The molecule has 1 amide bonds. The van der Waals surface area contributed by atoms with Crippen LogP contribution in [0.25, 0.3) is 0 Å². The maximum Gasteiger partial charge on any atom is 0.270 e. The Morgan fingerprint density at radius 1 is 1.20 bits per heavy atom. The van der Waals surface area contributed by atoms with Crippen LogP contribution in [0.5, 0.6) is 5.75 Å². The molecule has 25 heavy (non-hydrogen) atoms. The summed E-state index contributed by atoms with van der Waals surface area (Å²) in [6.07, 6.45) is 2.00. The smallest absolute Gasteiger partial charge is 0.270 e. The van der Waals surface area contributed by atoms with Gasteiger partial charge in [0.05, 0.1) is 11.5 Å². The normalized spacial score (nSPS) is 10.4. The van der Waals surface area contributed by atoms with Gasteiger partial charge in [0, 0.05) is 23.4 Å². The first kappa shape index (κ1) is 18.4. The molecule has 2 aromatic rings. The molecule has 0 atom stereocenters. The second-order valence-corrected chi connectivity index (χ2v) is 5.90. The van der Waals surface area contributed by atoms with Gasteiger partial charge in [-0.05, 0) is 49.6 Å². The monoisotopic (exact) mass is 342 g/mol. The first-order chi connectivity index (χ1) is 11.9. The van der Waals surface area contributed by atoms with E-state index >= 15 is 0 Å². The van der Waals surface area contributed by atoms with Gasteiger partial charge in [0.25, 0.3) is 11.6 Å². The van der Waals surface area contributed by atoms with Crippen LogP contribution in [0.2, 0.25) is 0 Å². The van der Waals surface area contributed by atoms with Gasteiger partial charge in [-0.1, -0.05) is 19.4 Å². The first-order valence-corrected chi connectivity index (χ1v) is 8.22. The molecular formula is C19H22N2O4. The number of hydrogen-bond donors (Lipinski definition) is 1. The van der Waals surface area contributed by atoms with E-state index in [2.05, 4.69) is 12.2 Å². The molecule has 2 rings (SSSR count). The van der Waals surface area contributed by atoms with Crippen molar-refractivity contribution in [1.29, 1.82) is 0 Å². The van der Waals surface area contributed by atoms with Gasteiger partial charge in [0.2, 0.25) is 0 Å². The summed E-state index contributed by atoms with van der Waals surface area (Å²) in [5.74, 6) is 0.374. The number of amides is 1. The molecule has 132 valence electrons. The van der Waals surface area contributed by atoms with Crippen molar-refractivity contribution >= 4 is 17.3 Å². The van der Waals surface area contributed by atoms with Crippen LogP contribution < -0.4 is 10.1 Å². The quantitative estimate of drug-likeness (QED) is 0.451. The summed E-state index contributed by atoms with van der Waals surface area (Å²) >= 11 is 0. The lowest BCUT2D eigenvalue weighted by Crippen LogP contribution is -2.14. The largest absolute Gasteiger partial charge is 0.494 e. The topological polar surface area (TPSA) is 81.5 Å². The van der Waals surface area contributed by atoms with E-state index in [-0.39, 0.29) is 11.6 Å². The molecule has 0 unspecified atom stereocenters. The molecule has 0 aliphatic carbocycles. The predicted octanol–water partition coefficient (Wildman–Crippen LogP) is 4.64. The number of hydrogen-bond acceptors (Lipinski definition) is 4. The third kappa shape index (κ3) is 4.79. The number of nitro benzene ring substituents is 1. The number of carbonyl (C=O) groups excluding carboxylic acids is 1. The number of aryl methyl sites for hydroxylation is 2. The Kier molecular flexibility index (Phi) is 6.11. The lowest BCUT2D eigenvalue weighted by molar-refractivity contribution is -0.384. The van der Waals surface area contributed by atoms with Crippen molar-refractivity contribution in [3.05, 3.63) is 63.2 Å². The number of ether oxygens (including phenoxy) is 1. The van der Waals surface area contributed by atoms with Crippen molar-refractivity contribution < 1.29 is 14.5 Å². The first-order valence-electron chi connectivity index (χ1n) is 8.22. The van der Waals surface area contributed by atoms with Crippen LogP contribution in [0.15, 0.2) is 36.4 Å². The zero-order chi connectivity index (χ0) is 18.4. The van der Waals surface area contributed by atoms with Crippen molar-refractivity contribution in [2.45, 2.75) is 33.6 Å². The fraction of sp³-hybridized carbons (Fsp3) is 0.316. The molecule has 0 saturated carbocycles. The highest BCUT2D eigenvalue weighted by Gasteiger charge is 2.15. The number of rotatable bonds is 7. The van der Waals surface area contributed by atoms with E-state index in [1.54, 1.807) is 32.0 Å². The van der Waals surface area contributed by atoms with E-state index < -0.39 is 4.92 Å². The van der Waals surface area contributed by atoms with Crippen LogP contribution in [0, 0.1) is 24.0 Å². The second-order valence-electron chi connectivity index (χ2n) is 5.90. The van der Waals surface area contributed by atoms with Crippen LogP contribution in [0.3, 0.4) is 0 Å². The van der Waals surface area contributed by atoms with E-state index in [0.29, 0.717) is 34.7 Å². The Morgan fingerprint density at radius 2 is 1.88 bits per heavy atom. The summed E-state index contributed by atoms with van der Waals surface area (Å²) in [4.78, 5) is 23.0. The van der Waals surface area contributed by atoms with Gasteiger partial charge >= 0.3 is 0 Å². The highest BCUT2D eigenvalue weighted by atomic mass is 16.6. The van der Waals surface area contributed by atoms with Crippen molar-refractivity contribution in [2.75, 3.05) is 11.9 Å². The molecule has 0 fully saturated rings. The molecule has 0 aromatic heterocycles. The fourth-order valence-corrected chi connectivity index (χ4v) is 2.49. The Morgan fingerprint density at radius 3 is 2.48 bits per heavy atom. The number of anilines is 1. The highest BCUT2D eigenvalue weighted by Crippen LogP contribution is 2.27. The Hall–Kier alpha value is -2.89.